The molecule has 24 heavy (non-hydrogen) atoms. The molecule has 0 saturated carbocycles. The van der Waals surface area contributed by atoms with Crippen molar-refractivity contribution in [3.05, 3.63) is 78.9 Å². The van der Waals surface area contributed by atoms with Gasteiger partial charge < -0.3 is 9.88 Å². The average Bonchev–Trinajstić information content (AvgIpc) is 3.26. The maximum Gasteiger partial charge on any atom is 0.276 e. The average molecular weight is 321 g/mol. The highest BCUT2D eigenvalue weighted by atomic mass is 19.1. The van der Waals surface area contributed by atoms with Crippen LogP contribution in [0.2, 0.25) is 0 Å². The number of nitrogens with one attached hydrogen (secondary N) is 1. The number of aromatic nitrogens is 4. The molecule has 4 rings (SSSR count). The normalized spacial score (nSPS) is 10.9. The van der Waals surface area contributed by atoms with Gasteiger partial charge in [0.25, 0.3) is 5.91 Å². The van der Waals surface area contributed by atoms with Gasteiger partial charge in [-0.1, -0.05) is 0 Å². The highest BCUT2D eigenvalue weighted by Crippen LogP contribution is 2.20. The van der Waals surface area contributed by atoms with Crippen molar-refractivity contribution < 1.29 is 9.18 Å². The van der Waals surface area contributed by atoms with Crippen LogP contribution in [0.25, 0.3) is 11.5 Å². The van der Waals surface area contributed by atoms with Crippen molar-refractivity contribution in [2.24, 2.45) is 0 Å². The van der Waals surface area contributed by atoms with E-state index in [1.54, 1.807) is 41.2 Å². The molecule has 3 aromatic heterocycles. The SMILES string of the molecule is O=C(Nc1cc(-n2cccc2)ccc1F)c1cn2cccnc2n1. The summed E-state index contributed by atoms with van der Waals surface area (Å²) in [5.74, 6) is -0.602. The fourth-order valence-electron chi connectivity index (χ4n) is 2.40. The number of hydrogen-bond donors (Lipinski definition) is 1. The first-order valence-corrected chi connectivity index (χ1v) is 7.25. The second-order valence-electron chi connectivity index (χ2n) is 5.16. The molecule has 0 saturated heterocycles. The smallest absolute Gasteiger partial charge is 0.276 e. The van der Waals surface area contributed by atoms with Crippen LogP contribution in [0, 0.1) is 5.82 Å². The van der Waals surface area contributed by atoms with Crippen LogP contribution in [0.5, 0.6) is 0 Å². The van der Waals surface area contributed by atoms with Gasteiger partial charge in [-0.25, -0.2) is 14.4 Å². The van der Waals surface area contributed by atoms with Gasteiger partial charge in [-0.3, -0.25) is 9.20 Å². The zero-order valence-corrected chi connectivity index (χ0v) is 12.4. The van der Waals surface area contributed by atoms with Gasteiger partial charge >= 0.3 is 0 Å². The molecule has 1 amide bonds. The van der Waals surface area contributed by atoms with Crippen molar-refractivity contribution in [3.63, 3.8) is 0 Å². The number of imidazole rings is 1. The molecule has 1 N–H and O–H groups in total. The lowest BCUT2D eigenvalue weighted by Gasteiger charge is -2.08. The minimum absolute atomic E-state index is 0.0937. The van der Waals surface area contributed by atoms with Gasteiger partial charge in [0.05, 0.1) is 5.69 Å². The second-order valence-corrected chi connectivity index (χ2v) is 5.16. The van der Waals surface area contributed by atoms with Crippen LogP contribution in [0.3, 0.4) is 0 Å². The Morgan fingerprint density at radius 3 is 2.75 bits per heavy atom. The van der Waals surface area contributed by atoms with Crippen LogP contribution in [0.1, 0.15) is 10.5 Å². The van der Waals surface area contributed by atoms with E-state index < -0.39 is 11.7 Å². The van der Waals surface area contributed by atoms with Crippen molar-refractivity contribution in [2.45, 2.75) is 0 Å². The number of rotatable bonds is 3. The number of nitrogens with zero attached hydrogens (tertiary/aromatic N) is 4. The van der Waals surface area contributed by atoms with Gasteiger partial charge in [0.2, 0.25) is 5.78 Å². The first-order valence-electron chi connectivity index (χ1n) is 7.25. The third-order valence-corrected chi connectivity index (χ3v) is 3.57. The van der Waals surface area contributed by atoms with Crippen LogP contribution in [0.4, 0.5) is 10.1 Å². The largest absolute Gasteiger partial charge is 0.324 e. The maximum atomic E-state index is 14.0. The maximum absolute atomic E-state index is 14.0. The summed E-state index contributed by atoms with van der Waals surface area (Å²) in [5, 5.41) is 2.56. The Morgan fingerprint density at radius 2 is 1.96 bits per heavy atom. The van der Waals surface area contributed by atoms with E-state index in [2.05, 4.69) is 15.3 Å². The lowest BCUT2D eigenvalue weighted by Crippen LogP contribution is -2.13. The fourth-order valence-corrected chi connectivity index (χ4v) is 2.40. The van der Waals surface area contributed by atoms with E-state index in [9.17, 15) is 9.18 Å². The topological polar surface area (TPSA) is 64.2 Å². The van der Waals surface area contributed by atoms with Crippen LogP contribution in [-0.2, 0) is 0 Å². The number of carbonyl (C=O) groups excluding carboxylic acids is 1. The molecule has 4 aromatic rings. The van der Waals surface area contributed by atoms with Crippen molar-refractivity contribution in [1.82, 2.24) is 18.9 Å². The zero-order chi connectivity index (χ0) is 16.5. The molecule has 0 fully saturated rings. The van der Waals surface area contributed by atoms with Gasteiger partial charge in [0.1, 0.15) is 11.5 Å². The minimum Gasteiger partial charge on any atom is -0.324 e. The van der Waals surface area contributed by atoms with E-state index in [1.807, 2.05) is 29.1 Å². The van der Waals surface area contributed by atoms with Gasteiger partial charge in [-0.2, -0.15) is 0 Å². The van der Waals surface area contributed by atoms with Gasteiger partial charge in [-0.15, -0.1) is 0 Å². The minimum atomic E-state index is -0.513. The number of halogens is 1. The van der Waals surface area contributed by atoms with E-state index in [0.717, 1.165) is 5.69 Å². The third kappa shape index (κ3) is 2.52. The van der Waals surface area contributed by atoms with Gasteiger partial charge in [0, 0.05) is 36.7 Å². The Labute approximate surface area is 136 Å². The molecule has 3 heterocycles. The first-order chi connectivity index (χ1) is 11.7. The molecule has 0 atom stereocenters. The van der Waals surface area contributed by atoms with E-state index in [1.165, 1.54) is 6.07 Å². The molecular formula is C17H12FN5O. The third-order valence-electron chi connectivity index (χ3n) is 3.57. The molecule has 0 aliphatic carbocycles. The van der Waals surface area contributed by atoms with Crippen molar-refractivity contribution >= 4 is 17.4 Å². The quantitative estimate of drug-likeness (QED) is 0.631. The predicted octanol–water partition coefficient (Wildman–Crippen LogP) is 2.91. The molecular weight excluding hydrogens is 309 g/mol. The monoisotopic (exact) mass is 321 g/mol. The van der Waals surface area contributed by atoms with Crippen molar-refractivity contribution in [2.75, 3.05) is 5.32 Å². The van der Waals surface area contributed by atoms with E-state index in [0.29, 0.717) is 5.78 Å². The first kappa shape index (κ1) is 14.1. The number of fused-ring (bicyclic) bond motifs is 1. The Kier molecular flexibility index (Phi) is 3.31. The fraction of sp³-hybridized carbons (Fsp3) is 0. The Bertz CT molecular complexity index is 990. The summed E-state index contributed by atoms with van der Waals surface area (Å²) in [4.78, 5) is 20.5. The van der Waals surface area contributed by atoms with Crippen molar-refractivity contribution in [3.8, 4) is 5.69 Å². The predicted molar refractivity (Wildman–Crippen MR) is 86.7 cm³/mol. The summed E-state index contributed by atoms with van der Waals surface area (Å²) in [5.41, 5.74) is 1.00. The summed E-state index contributed by atoms with van der Waals surface area (Å²) < 4.78 is 17.5. The summed E-state index contributed by atoms with van der Waals surface area (Å²) in [6, 6.07) is 9.99. The molecule has 0 aliphatic rings. The van der Waals surface area contributed by atoms with Crippen LogP contribution >= 0.6 is 0 Å². The van der Waals surface area contributed by atoms with Crippen LogP contribution in [-0.4, -0.2) is 24.8 Å². The Balaban J connectivity index is 1.64. The molecule has 7 heteroatoms. The standard InChI is InChI=1S/C17H12FN5O/c18-13-5-4-12(22-7-1-2-8-22)10-14(13)20-16(24)15-11-23-9-3-6-19-17(23)21-15/h1-11H,(H,20,24). The Hall–Kier alpha value is -3.48. The van der Waals surface area contributed by atoms with Gasteiger partial charge in [0.15, 0.2) is 0 Å². The zero-order valence-electron chi connectivity index (χ0n) is 12.4. The highest BCUT2D eigenvalue weighted by Gasteiger charge is 2.14. The van der Waals surface area contributed by atoms with E-state index >= 15 is 0 Å². The molecule has 0 aliphatic heterocycles. The summed E-state index contributed by atoms with van der Waals surface area (Å²) in [7, 11) is 0. The van der Waals surface area contributed by atoms with E-state index in [-0.39, 0.29) is 11.4 Å². The number of anilines is 1. The molecule has 0 radical (unpaired) electrons. The lowest BCUT2D eigenvalue weighted by molar-refractivity contribution is 0.102. The molecule has 0 bridgehead atoms. The van der Waals surface area contributed by atoms with Crippen molar-refractivity contribution in [1.29, 1.82) is 0 Å². The van der Waals surface area contributed by atoms with Gasteiger partial charge in [-0.05, 0) is 36.4 Å². The lowest BCUT2D eigenvalue weighted by atomic mass is 10.2. The van der Waals surface area contributed by atoms with Crippen LogP contribution in [0.15, 0.2) is 67.4 Å². The second kappa shape index (κ2) is 5.62. The van der Waals surface area contributed by atoms with Crippen LogP contribution < -0.4 is 5.32 Å². The number of amides is 1. The summed E-state index contributed by atoms with van der Waals surface area (Å²) in [6.07, 6.45) is 8.55. The Morgan fingerprint density at radius 1 is 1.12 bits per heavy atom. The molecule has 0 unspecified atom stereocenters. The van der Waals surface area contributed by atoms with E-state index in [4.69, 9.17) is 0 Å². The summed E-state index contributed by atoms with van der Waals surface area (Å²) in [6.45, 7) is 0. The molecule has 0 spiro atoms. The number of hydrogen-bond acceptors (Lipinski definition) is 3. The number of carbonyl (C=O) groups is 1. The molecule has 6 nitrogen and oxygen atoms in total. The molecule has 118 valence electrons. The summed E-state index contributed by atoms with van der Waals surface area (Å²) >= 11 is 0. The molecule has 1 aromatic carbocycles. The highest BCUT2D eigenvalue weighted by molar-refractivity contribution is 6.03. The number of benzene rings is 1.